The summed E-state index contributed by atoms with van der Waals surface area (Å²) in [5.74, 6) is -0.756. The smallest absolute Gasteiger partial charge is 0.317 e. The van der Waals surface area contributed by atoms with E-state index in [4.69, 9.17) is 9.84 Å². The first kappa shape index (κ1) is 16.6. The van der Waals surface area contributed by atoms with E-state index in [9.17, 15) is 9.59 Å². The molecule has 0 bridgehead atoms. The third kappa shape index (κ3) is 3.91. The maximum absolute atomic E-state index is 12.2. The van der Waals surface area contributed by atoms with Gasteiger partial charge >= 0.3 is 12.0 Å². The van der Waals surface area contributed by atoms with Crippen molar-refractivity contribution in [2.75, 3.05) is 20.2 Å². The average Bonchev–Trinajstić information content (AvgIpc) is 2.47. The van der Waals surface area contributed by atoms with Gasteiger partial charge in [0.05, 0.1) is 18.6 Å². The summed E-state index contributed by atoms with van der Waals surface area (Å²) in [5, 5.41) is 11.9. The number of carboxylic acid groups (broad SMARTS) is 1. The first-order valence-corrected chi connectivity index (χ1v) is 7.84. The normalized spacial score (nSPS) is 17.9. The van der Waals surface area contributed by atoms with E-state index in [-0.39, 0.29) is 18.6 Å². The molecule has 0 saturated heterocycles. The van der Waals surface area contributed by atoms with Crippen LogP contribution in [-0.2, 0) is 4.79 Å². The maximum Gasteiger partial charge on any atom is 0.317 e. The standard InChI is InChI=1S/C15H19BrN2O4/c1-9(14(19)20)8-18(2)15(21)17-12-5-6-22-13-4-3-10(16)7-11(12)13/h3-4,7,9,12H,5-6,8H2,1-2H3,(H,17,21)(H,19,20). The fourth-order valence-corrected chi connectivity index (χ4v) is 2.73. The van der Waals surface area contributed by atoms with Gasteiger partial charge in [0.25, 0.3) is 0 Å². The van der Waals surface area contributed by atoms with Crippen molar-refractivity contribution < 1.29 is 19.4 Å². The number of halogens is 1. The van der Waals surface area contributed by atoms with Crippen LogP contribution in [0.25, 0.3) is 0 Å². The summed E-state index contributed by atoms with van der Waals surface area (Å²) in [6, 6.07) is 5.26. The predicted octanol–water partition coefficient (Wildman–Crippen LogP) is 2.63. The molecule has 0 aliphatic carbocycles. The summed E-state index contributed by atoms with van der Waals surface area (Å²) in [4.78, 5) is 24.5. The molecule has 0 fully saturated rings. The molecular formula is C15H19BrN2O4. The molecule has 1 aliphatic heterocycles. The summed E-state index contributed by atoms with van der Waals surface area (Å²) in [5.41, 5.74) is 0.925. The third-order valence-electron chi connectivity index (χ3n) is 3.63. The highest BCUT2D eigenvalue weighted by Gasteiger charge is 2.25. The third-order valence-corrected chi connectivity index (χ3v) is 4.12. The number of fused-ring (bicyclic) bond motifs is 1. The molecule has 1 aromatic carbocycles. The Bertz CT molecular complexity index is 579. The highest BCUT2D eigenvalue weighted by molar-refractivity contribution is 9.10. The van der Waals surface area contributed by atoms with Gasteiger partial charge in [-0.2, -0.15) is 0 Å². The van der Waals surface area contributed by atoms with E-state index in [1.165, 1.54) is 4.90 Å². The van der Waals surface area contributed by atoms with Crippen LogP contribution in [-0.4, -0.2) is 42.2 Å². The Morgan fingerprint density at radius 3 is 2.95 bits per heavy atom. The number of aliphatic carboxylic acids is 1. The molecule has 2 unspecified atom stereocenters. The second kappa shape index (κ2) is 7.00. The van der Waals surface area contributed by atoms with Gasteiger partial charge in [0, 0.05) is 30.0 Å². The molecule has 2 rings (SSSR count). The lowest BCUT2D eigenvalue weighted by atomic mass is 10.0. The molecule has 2 atom stereocenters. The fraction of sp³-hybridized carbons (Fsp3) is 0.467. The molecule has 2 amide bonds. The molecule has 22 heavy (non-hydrogen) atoms. The van der Waals surface area contributed by atoms with Crippen LogP contribution >= 0.6 is 15.9 Å². The van der Waals surface area contributed by atoms with Crippen LogP contribution in [0.4, 0.5) is 4.79 Å². The second-order valence-corrected chi connectivity index (χ2v) is 6.36. The molecule has 0 saturated carbocycles. The highest BCUT2D eigenvalue weighted by Crippen LogP contribution is 2.34. The molecule has 120 valence electrons. The van der Waals surface area contributed by atoms with Crippen molar-refractivity contribution in [2.45, 2.75) is 19.4 Å². The molecule has 1 aromatic rings. The van der Waals surface area contributed by atoms with Crippen LogP contribution in [0.5, 0.6) is 5.75 Å². The van der Waals surface area contributed by atoms with Gasteiger partial charge in [-0.05, 0) is 18.2 Å². The van der Waals surface area contributed by atoms with E-state index in [1.807, 2.05) is 18.2 Å². The van der Waals surface area contributed by atoms with Gasteiger partial charge in [-0.1, -0.05) is 22.9 Å². The van der Waals surface area contributed by atoms with Gasteiger partial charge < -0.3 is 20.1 Å². The van der Waals surface area contributed by atoms with Crippen molar-refractivity contribution in [1.29, 1.82) is 0 Å². The number of carbonyl (C=O) groups is 2. The first-order valence-electron chi connectivity index (χ1n) is 7.05. The van der Waals surface area contributed by atoms with Gasteiger partial charge in [-0.25, -0.2) is 4.79 Å². The highest BCUT2D eigenvalue weighted by atomic mass is 79.9. The maximum atomic E-state index is 12.2. The van der Waals surface area contributed by atoms with Gasteiger partial charge in [-0.15, -0.1) is 0 Å². The second-order valence-electron chi connectivity index (χ2n) is 5.44. The molecule has 0 aromatic heterocycles. The minimum absolute atomic E-state index is 0.142. The Balaban J connectivity index is 2.04. The van der Waals surface area contributed by atoms with Crippen LogP contribution < -0.4 is 10.1 Å². The Morgan fingerprint density at radius 2 is 2.27 bits per heavy atom. The molecule has 2 N–H and O–H groups in total. The van der Waals surface area contributed by atoms with Gasteiger partial charge in [-0.3, -0.25) is 4.79 Å². The average molecular weight is 371 g/mol. The van der Waals surface area contributed by atoms with Gasteiger partial charge in [0.1, 0.15) is 5.75 Å². The number of nitrogens with zero attached hydrogens (tertiary/aromatic N) is 1. The van der Waals surface area contributed by atoms with Crippen LogP contribution in [0.3, 0.4) is 0 Å². The number of carboxylic acids is 1. The quantitative estimate of drug-likeness (QED) is 0.853. The van der Waals surface area contributed by atoms with E-state index in [2.05, 4.69) is 21.2 Å². The lowest BCUT2D eigenvalue weighted by molar-refractivity contribution is -0.141. The number of rotatable bonds is 4. The zero-order chi connectivity index (χ0) is 16.3. The number of nitrogens with one attached hydrogen (secondary N) is 1. The van der Waals surface area contributed by atoms with E-state index in [0.717, 1.165) is 15.8 Å². The van der Waals surface area contributed by atoms with Crippen LogP contribution in [0.1, 0.15) is 24.9 Å². The van der Waals surface area contributed by atoms with Crippen LogP contribution in [0.2, 0.25) is 0 Å². The monoisotopic (exact) mass is 370 g/mol. The Hall–Kier alpha value is -1.76. The van der Waals surface area contributed by atoms with E-state index >= 15 is 0 Å². The molecule has 1 aliphatic rings. The first-order chi connectivity index (χ1) is 10.4. The van der Waals surface area contributed by atoms with Crippen molar-refractivity contribution in [3.05, 3.63) is 28.2 Å². The largest absolute Gasteiger partial charge is 0.493 e. The van der Waals surface area contributed by atoms with Crippen molar-refractivity contribution in [3.8, 4) is 5.75 Å². The minimum Gasteiger partial charge on any atom is -0.493 e. The molecule has 1 heterocycles. The number of benzene rings is 1. The molecule has 0 spiro atoms. The topological polar surface area (TPSA) is 78.9 Å². The van der Waals surface area contributed by atoms with Crippen molar-refractivity contribution in [2.24, 2.45) is 5.92 Å². The van der Waals surface area contributed by atoms with Crippen molar-refractivity contribution >= 4 is 27.9 Å². The Kier molecular flexibility index (Phi) is 5.28. The van der Waals surface area contributed by atoms with Crippen LogP contribution in [0.15, 0.2) is 22.7 Å². The number of hydrogen-bond acceptors (Lipinski definition) is 3. The summed E-state index contributed by atoms with van der Waals surface area (Å²) < 4.78 is 6.50. The number of urea groups is 1. The van der Waals surface area contributed by atoms with E-state index in [0.29, 0.717) is 13.0 Å². The number of amides is 2. The fourth-order valence-electron chi connectivity index (χ4n) is 2.35. The van der Waals surface area contributed by atoms with E-state index in [1.54, 1.807) is 14.0 Å². The van der Waals surface area contributed by atoms with Gasteiger partial charge in [0.2, 0.25) is 0 Å². The predicted molar refractivity (Wildman–Crippen MR) is 85.0 cm³/mol. The zero-order valence-electron chi connectivity index (χ0n) is 12.5. The van der Waals surface area contributed by atoms with Crippen molar-refractivity contribution in [1.82, 2.24) is 10.2 Å². The lowest BCUT2D eigenvalue weighted by Crippen LogP contribution is -2.43. The molecule has 7 heteroatoms. The summed E-state index contributed by atoms with van der Waals surface area (Å²) in [7, 11) is 1.59. The van der Waals surface area contributed by atoms with Crippen molar-refractivity contribution in [3.63, 3.8) is 0 Å². The molecule has 0 radical (unpaired) electrons. The van der Waals surface area contributed by atoms with Gasteiger partial charge in [0.15, 0.2) is 0 Å². The molecular weight excluding hydrogens is 352 g/mol. The number of hydrogen-bond donors (Lipinski definition) is 2. The Morgan fingerprint density at radius 1 is 1.55 bits per heavy atom. The summed E-state index contributed by atoms with van der Waals surface area (Å²) >= 11 is 3.42. The van der Waals surface area contributed by atoms with E-state index < -0.39 is 11.9 Å². The lowest BCUT2D eigenvalue weighted by Gasteiger charge is -2.29. The number of ether oxygens (including phenoxy) is 1. The molecule has 6 nitrogen and oxygen atoms in total. The summed E-state index contributed by atoms with van der Waals surface area (Å²) in [6.45, 7) is 2.28. The minimum atomic E-state index is -0.917. The number of carbonyl (C=O) groups excluding carboxylic acids is 1. The summed E-state index contributed by atoms with van der Waals surface area (Å²) in [6.07, 6.45) is 0.678. The zero-order valence-corrected chi connectivity index (χ0v) is 14.1. The Labute approximate surface area is 137 Å². The SMILES string of the molecule is CC(CN(C)C(=O)NC1CCOc2ccc(Br)cc21)C(=O)O. The van der Waals surface area contributed by atoms with Crippen LogP contribution in [0, 0.1) is 5.92 Å².